The monoisotopic (exact) mass is 1530 g/mol. The largest absolute Gasteiger partial charge is 0.456 e. The van der Waals surface area contributed by atoms with E-state index >= 15 is 0 Å². The second kappa shape index (κ2) is 26.8. The zero-order chi connectivity index (χ0) is 78.6. The molecule has 0 saturated heterocycles. The number of hydrogen-bond acceptors (Lipinski definition) is 1. The number of para-hydroxylation sites is 4. The van der Waals surface area contributed by atoms with E-state index < -0.39 is 0 Å². The highest BCUT2D eigenvalue weighted by Crippen LogP contribution is 2.46. The van der Waals surface area contributed by atoms with E-state index in [1.807, 2.05) is 6.07 Å². The molecular formula is C114H71N5O. The first-order valence-corrected chi connectivity index (χ1v) is 41.2. The lowest BCUT2D eigenvalue weighted by Gasteiger charge is -2.12. The zero-order valence-electron chi connectivity index (χ0n) is 65.1. The van der Waals surface area contributed by atoms with Crippen LogP contribution < -0.4 is 0 Å². The molecule has 0 atom stereocenters. The Labute approximate surface area is 689 Å². The van der Waals surface area contributed by atoms with Gasteiger partial charge < -0.3 is 27.3 Å². The number of fused-ring (bicyclic) bond motifs is 21. The van der Waals surface area contributed by atoms with Gasteiger partial charge in [0.05, 0.1) is 55.2 Å². The van der Waals surface area contributed by atoms with Crippen LogP contribution in [0.15, 0.2) is 435 Å². The van der Waals surface area contributed by atoms with Crippen LogP contribution in [-0.4, -0.2) is 22.8 Å². The molecule has 6 nitrogen and oxygen atoms in total. The van der Waals surface area contributed by atoms with Crippen LogP contribution in [0.25, 0.3) is 236 Å². The minimum Gasteiger partial charge on any atom is -0.456 e. The predicted molar refractivity (Wildman–Crippen MR) is 506 cm³/mol. The van der Waals surface area contributed by atoms with Crippen molar-refractivity contribution in [3.63, 3.8) is 0 Å². The van der Waals surface area contributed by atoms with Crippen LogP contribution in [0.2, 0.25) is 0 Å². The molecule has 0 bridgehead atoms. The van der Waals surface area contributed by atoms with Crippen molar-refractivity contribution in [1.29, 1.82) is 0 Å². The molecule has 0 unspecified atom stereocenters. The third-order valence-corrected chi connectivity index (χ3v) is 25.3. The highest BCUT2D eigenvalue weighted by atomic mass is 16.3. The van der Waals surface area contributed by atoms with Gasteiger partial charge in [-0.05, 0) is 228 Å². The second-order valence-electron chi connectivity index (χ2n) is 31.9. The van der Waals surface area contributed by atoms with Crippen LogP contribution in [0.4, 0.5) is 0 Å². The summed E-state index contributed by atoms with van der Waals surface area (Å²) in [5, 5.41) is 22.0. The van der Waals surface area contributed by atoms with Crippen LogP contribution in [0.1, 0.15) is 0 Å². The molecule has 6 aromatic heterocycles. The first-order valence-electron chi connectivity index (χ1n) is 41.2. The SMILES string of the molecule is c1ccc(-c2ccc(-n3c4ccccc4c4cc(-c5ccc6c(c5)c5cc7c(cc5n6-c5ccc6ccccc6c5)oc5ccccc57)ccc43)cc2)cc1.c1ccc(-c2ccc(-n3c4ccccc4c4cc(-c5ccc6c(c5)c5cc7c8ccccc8n(-c8ccc9ccccc9c8)c7cc5n6-c5ccc6ccccc6c5)ccc43)cc2)cc1. The summed E-state index contributed by atoms with van der Waals surface area (Å²) in [5.74, 6) is 0. The van der Waals surface area contributed by atoms with Gasteiger partial charge in [0.2, 0.25) is 0 Å². The van der Waals surface area contributed by atoms with Crippen LogP contribution in [-0.2, 0) is 0 Å². The van der Waals surface area contributed by atoms with E-state index in [1.165, 1.54) is 180 Å². The molecule has 6 heterocycles. The molecule has 26 aromatic rings. The fourth-order valence-corrected chi connectivity index (χ4v) is 19.6. The molecule has 0 N–H and O–H groups in total. The Kier molecular flexibility index (Phi) is 15.0. The molecule has 0 aliphatic heterocycles. The third-order valence-electron chi connectivity index (χ3n) is 25.3. The molecule has 26 rings (SSSR count). The number of aromatic nitrogens is 5. The van der Waals surface area contributed by atoms with Crippen molar-refractivity contribution in [3.05, 3.63) is 431 Å². The van der Waals surface area contributed by atoms with Gasteiger partial charge in [0.25, 0.3) is 0 Å². The Bertz CT molecular complexity index is 8710. The quantitative estimate of drug-likeness (QED) is 0.142. The van der Waals surface area contributed by atoms with Crippen molar-refractivity contribution in [2.45, 2.75) is 0 Å². The average molecular weight is 1530 g/mol. The van der Waals surface area contributed by atoms with Gasteiger partial charge in [-0.25, -0.2) is 0 Å². The van der Waals surface area contributed by atoms with Crippen molar-refractivity contribution in [2.24, 2.45) is 0 Å². The first kappa shape index (κ1) is 67.3. The van der Waals surface area contributed by atoms with Crippen molar-refractivity contribution < 1.29 is 4.42 Å². The summed E-state index contributed by atoms with van der Waals surface area (Å²) in [6.45, 7) is 0. The summed E-state index contributed by atoms with van der Waals surface area (Å²) in [7, 11) is 0. The molecule has 0 aliphatic carbocycles. The van der Waals surface area contributed by atoms with Crippen LogP contribution in [0.3, 0.4) is 0 Å². The number of benzene rings is 20. The molecule has 0 fully saturated rings. The highest BCUT2D eigenvalue weighted by molar-refractivity contribution is 6.22. The fraction of sp³-hybridized carbons (Fsp3) is 0. The Morgan fingerprint density at radius 1 is 0.125 bits per heavy atom. The Balaban J connectivity index is 0.000000135. The second-order valence-corrected chi connectivity index (χ2v) is 31.9. The van der Waals surface area contributed by atoms with Gasteiger partial charge in [0.1, 0.15) is 11.2 Å². The van der Waals surface area contributed by atoms with Gasteiger partial charge in [-0.2, -0.15) is 0 Å². The molecule has 0 spiro atoms. The topological polar surface area (TPSA) is 37.8 Å². The Morgan fingerprint density at radius 2 is 0.392 bits per heavy atom. The molecular weight excluding hydrogens is 1460 g/mol. The minimum atomic E-state index is 0.898. The number of furan rings is 1. The van der Waals surface area contributed by atoms with Crippen molar-refractivity contribution >= 4 is 163 Å². The molecule has 6 heteroatoms. The fourth-order valence-electron chi connectivity index (χ4n) is 19.6. The lowest BCUT2D eigenvalue weighted by molar-refractivity contribution is 0.669. The molecule has 20 aromatic carbocycles. The van der Waals surface area contributed by atoms with Gasteiger partial charge >= 0.3 is 0 Å². The maximum Gasteiger partial charge on any atom is 0.137 e. The van der Waals surface area contributed by atoms with E-state index in [-0.39, 0.29) is 0 Å². The summed E-state index contributed by atoms with van der Waals surface area (Å²) >= 11 is 0. The molecule has 120 heavy (non-hydrogen) atoms. The maximum absolute atomic E-state index is 6.43. The van der Waals surface area contributed by atoms with Crippen LogP contribution >= 0.6 is 0 Å². The average Bonchev–Trinajstić information content (AvgIpc) is 1.57. The molecule has 0 radical (unpaired) electrons. The highest BCUT2D eigenvalue weighted by Gasteiger charge is 2.24. The predicted octanol–water partition coefficient (Wildman–Crippen LogP) is 30.9. The number of rotatable bonds is 9. The molecule has 558 valence electrons. The van der Waals surface area contributed by atoms with Gasteiger partial charge in [-0.3, -0.25) is 0 Å². The number of nitrogens with zero attached hydrogens (tertiary/aromatic N) is 5. The van der Waals surface area contributed by atoms with E-state index in [9.17, 15) is 0 Å². The lowest BCUT2D eigenvalue weighted by Crippen LogP contribution is -1.96. The zero-order valence-corrected chi connectivity index (χ0v) is 65.1. The molecule has 0 aliphatic rings. The van der Waals surface area contributed by atoms with Gasteiger partial charge in [0, 0.05) is 99.1 Å². The van der Waals surface area contributed by atoms with Crippen molar-refractivity contribution in [2.75, 3.05) is 0 Å². The van der Waals surface area contributed by atoms with Crippen molar-refractivity contribution in [3.8, 4) is 72.9 Å². The molecule has 0 amide bonds. The van der Waals surface area contributed by atoms with E-state index in [2.05, 4.69) is 447 Å². The smallest absolute Gasteiger partial charge is 0.137 e. The standard InChI is InChI=1S/C62H39N3.C52H32N2O/c1-2-12-40(13-3-1)43-22-28-48(29-23-43)63-57-20-10-8-18-51(57)53-36-46(26-32-59(53)63)47-27-33-60-54(37-47)56-38-55-52-19-9-11-21-58(52)64(49-30-24-41-14-4-6-16-44(41)34-49)61(55)39-62(56)65(60)50-31-25-42-15-5-7-17-45(42)35-50;1-2-10-33(11-3-1)35-18-23-39(24-19-35)53-47-16-8-6-14-41(47)43-29-37(21-26-48(43)53)38-22-27-49-44(30-38)45-31-46-42-15-7-9-17-51(42)55-52(46)32-50(45)54(49)40-25-20-34-12-4-5-13-36(34)28-40/h1-39H;1-32H. The molecule has 0 saturated carbocycles. The van der Waals surface area contributed by atoms with Gasteiger partial charge in [0.15, 0.2) is 0 Å². The minimum absolute atomic E-state index is 0.898. The Hall–Kier alpha value is -16.0. The summed E-state index contributed by atoms with van der Waals surface area (Å²) in [5.41, 5.74) is 29.0. The van der Waals surface area contributed by atoms with E-state index in [4.69, 9.17) is 4.42 Å². The van der Waals surface area contributed by atoms with E-state index in [0.717, 1.165) is 55.9 Å². The Morgan fingerprint density at radius 3 is 0.792 bits per heavy atom. The summed E-state index contributed by atoms with van der Waals surface area (Å²) in [6, 6.07) is 158. The maximum atomic E-state index is 6.43. The lowest BCUT2D eigenvalue weighted by atomic mass is 10.00. The first-order chi connectivity index (χ1) is 59.5. The number of hydrogen-bond donors (Lipinski definition) is 0. The van der Waals surface area contributed by atoms with Gasteiger partial charge in [-0.1, -0.05) is 273 Å². The van der Waals surface area contributed by atoms with E-state index in [1.54, 1.807) is 0 Å². The third kappa shape index (κ3) is 10.7. The van der Waals surface area contributed by atoms with E-state index in [0.29, 0.717) is 0 Å². The summed E-state index contributed by atoms with van der Waals surface area (Å²) < 4.78 is 18.6. The van der Waals surface area contributed by atoms with Crippen LogP contribution in [0.5, 0.6) is 0 Å². The van der Waals surface area contributed by atoms with Crippen LogP contribution in [0, 0.1) is 0 Å². The normalized spacial score (nSPS) is 12.0. The summed E-state index contributed by atoms with van der Waals surface area (Å²) in [6.07, 6.45) is 0. The van der Waals surface area contributed by atoms with Crippen molar-refractivity contribution in [1.82, 2.24) is 22.8 Å². The summed E-state index contributed by atoms with van der Waals surface area (Å²) in [4.78, 5) is 0. The van der Waals surface area contributed by atoms with Gasteiger partial charge in [-0.15, -0.1) is 0 Å².